The third kappa shape index (κ3) is 3.39. The summed E-state index contributed by atoms with van der Waals surface area (Å²) in [6.07, 6.45) is 0. The Hall–Kier alpha value is -2.06. The highest BCUT2D eigenvalue weighted by atomic mass is 32.2. The molecular weight excluding hydrogens is 351 g/mol. The van der Waals surface area contributed by atoms with Gasteiger partial charge in [-0.25, -0.2) is 12.8 Å². The molecule has 1 atom stereocenters. The van der Waals surface area contributed by atoms with E-state index in [2.05, 4.69) is 10.0 Å². The van der Waals surface area contributed by atoms with Crippen LogP contribution in [0, 0.1) is 11.7 Å². The second-order valence-electron chi connectivity index (χ2n) is 5.44. The molecule has 0 bridgehead atoms. The van der Waals surface area contributed by atoms with E-state index in [1.807, 2.05) is 6.92 Å². The molecule has 0 aromatic heterocycles. The summed E-state index contributed by atoms with van der Waals surface area (Å²) < 4.78 is 40.8. The van der Waals surface area contributed by atoms with Gasteiger partial charge in [-0.2, -0.15) is 0 Å². The molecule has 0 saturated carbocycles. The topological polar surface area (TPSA) is 75.3 Å². The van der Waals surface area contributed by atoms with E-state index >= 15 is 0 Å². The van der Waals surface area contributed by atoms with Crippen molar-refractivity contribution in [1.82, 2.24) is 0 Å². The maximum atomic E-state index is 13.7. The summed E-state index contributed by atoms with van der Waals surface area (Å²) in [6, 6.07) is 10.0. The number of fused-ring (bicyclic) bond motifs is 1. The second-order valence-corrected chi connectivity index (χ2v) is 8.19. The van der Waals surface area contributed by atoms with E-state index in [-0.39, 0.29) is 22.4 Å². The molecule has 1 unspecified atom stereocenters. The second kappa shape index (κ2) is 6.45. The molecular formula is C16H15FN2O3S2. The van der Waals surface area contributed by atoms with Crippen LogP contribution in [0.1, 0.15) is 6.92 Å². The van der Waals surface area contributed by atoms with Crippen LogP contribution < -0.4 is 10.0 Å². The monoisotopic (exact) mass is 366 g/mol. The van der Waals surface area contributed by atoms with Crippen LogP contribution in [-0.4, -0.2) is 20.1 Å². The highest BCUT2D eigenvalue weighted by Gasteiger charge is 2.23. The van der Waals surface area contributed by atoms with Gasteiger partial charge in [-0.15, -0.1) is 11.8 Å². The average molecular weight is 366 g/mol. The van der Waals surface area contributed by atoms with Gasteiger partial charge in [0.05, 0.1) is 16.3 Å². The molecule has 1 heterocycles. The summed E-state index contributed by atoms with van der Waals surface area (Å²) in [7, 11) is -3.96. The molecule has 0 spiro atoms. The normalized spacial score (nSPS) is 17.6. The molecule has 0 fully saturated rings. The van der Waals surface area contributed by atoms with E-state index < -0.39 is 15.8 Å². The smallest absolute Gasteiger partial charge is 0.262 e. The zero-order valence-corrected chi connectivity index (χ0v) is 14.4. The summed E-state index contributed by atoms with van der Waals surface area (Å²) >= 11 is 1.49. The van der Waals surface area contributed by atoms with Crippen molar-refractivity contribution in [3.63, 3.8) is 0 Å². The lowest BCUT2D eigenvalue weighted by Crippen LogP contribution is -2.20. The summed E-state index contributed by atoms with van der Waals surface area (Å²) in [5.41, 5.74) is 0.324. The van der Waals surface area contributed by atoms with E-state index in [4.69, 9.17) is 0 Å². The van der Waals surface area contributed by atoms with Crippen LogP contribution in [0.5, 0.6) is 0 Å². The number of rotatable bonds is 3. The molecule has 1 aliphatic heterocycles. The third-order valence-electron chi connectivity index (χ3n) is 3.57. The van der Waals surface area contributed by atoms with Crippen LogP contribution in [0.2, 0.25) is 0 Å². The van der Waals surface area contributed by atoms with Crippen LogP contribution in [0.3, 0.4) is 0 Å². The third-order valence-corrected chi connectivity index (χ3v) is 6.27. The van der Waals surface area contributed by atoms with Gasteiger partial charge in [-0.1, -0.05) is 19.1 Å². The first-order valence-electron chi connectivity index (χ1n) is 7.22. The van der Waals surface area contributed by atoms with E-state index in [0.29, 0.717) is 11.4 Å². The molecule has 0 aliphatic carbocycles. The van der Waals surface area contributed by atoms with Gasteiger partial charge in [0.15, 0.2) is 0 Å². The van der Waals surface area contributed by atoms with Gasteiger partial charge in [0.2, 0.25) is 5.91 Å². The number of para-hydroxylation sites is 1. The lowest BCUT2D eigenvalue weighted by Gasteiger charge is -2.12. The number of halogens is 1. The number of hydrogen-bond acceptors (Lipinski definition) is 4. The van der Waals surface area contributed by atoms with Gasteiger partial charge in [-0.05, 0) is 30.3 Å². The number of nitrogens with one attached hydrogen (secondary N) is 2. The fraction of sp³-hybridized carbons (Fsp3) is 0.188. The summed E-state index contributed by atoms with van der Waals surface area (Å²) in [6.45, 7) is 1.81. The van der Waals surface area contributed by atoms with Crippen molar-refractivity contribution in [3.8, 4) is 0 Å². The minimum absolute atomic E-state index is 0.0417. The Kier molecular flexibility index (Phi) is 4.51. The molecule has 126 valence electrons. The largest absolute Gasteiger partial charge is 0.325 e. The van der Waals surface area contributed by atoms with Crippen molar-refractivity contribution in [3.05, 3.63) is 48.3 Å². The number of carbonyl (C=O) groups excluding carboxylic acids is 1. The average Bonchev–Trinajstić information content (AvgIpc) is 2.68. The number of amides is 1. The number of hydrogen-bond donors (Lipinski definition) is 2. The van der Waals surface area contributed by atoms with Crippen LogP contribution in [0.4, 0.5) is 15.8 Å². The Labute approximate surface area is 143 Å². The van der Waals surface area contributed by atoms with Gasteiger partial charge in [0, 0.05) is 16.6 Å². The van der Waals surface area contributed by atoms with Crippen molar-refractivity contribution in [2.45, 2.75) is 16.7 Å². The number of carbonyl (C=O) groups is 1. The zero-order valence-electron chi connectivity index (χ0n) is 12.7. The minimum atomic E-state index is -3.96. The Bertz CT molecular complexity index is 900. The molecule has 2 aromatic rings. The van der Waals surface area contributed by atoms with Crippen molar-refractivity contribution in [2.75, 3.05) is 15.8 Å². The standard InChI is InChI=1S/C16H15FN2O3S2/c1-10-9-23-15-7-6-11(8-14(15)18-16(10)20)24(21,22)19-13-5-3-2-4-12(13)17/h2-8,10,19H,9H2,1H3,(H,18,20). The zero-order chi connectivity index (χ0) is 17.3. The van der Waals surface area contributed by atoms with Crippen molar-refractivity contribution >= 4 is 39.1 Å². The number of sulfonamides is 1. The van der Waals surface area contributed by atoms with Crippen molar-refractivity contribution in [1.29, 1.82) is 0 Å². The molecule has 1 amide bonds. The molecule has 0 saturated heterocycles. The van der Waals surface area contributed by atoms with Gasteiger partial charge in [0.25, 0.3) is 10.0 Å². The fourth-order valence-corrected chi connectivity index (χ4v) is 4.30. The minimum Gasteiger partial charge on any atom is -0.325 e. The van der Waals surface area contributed by atoms with Gasteiger partial charge < -0.3 is 5.32 Å². The Morgan fingerprint density at radius 2 is 2.00 bits per heavy atom. The Morgan fingerprint density at radius 1 is 1.25 bits per heavy atom. The summed E-state index contributed by atoms with van der Waals surface area (Å²) in [5.74, 6) is -0.358. The molecule has 2 aromatic carbocycles. The predicted octanol–water partition coefficient (Wildman–Crippen LogP) is 3.31. The van der Waals surface area contributed by atoms with E-state index in [0.717, 1.165) is 4.90 Å². The molecule has 0 radical (unpaired) electrons. The predicted molar refractivity (Wildman–Crippen MR) is 92.2 cm³/mol. The molecule has 2 N–H and O–H groups in total. The Balaban J connectivity index is 1.94. The fourth-order valence-electron chi connectivity index (χ4n) is 2.19. The van der Waals surface area contributed by atoms with Crippen molar-refractivity contribution < 1.29 is 17.6 Å². The molecule has 3 rings (SSSR count). The Morgan fingerprint density at radius 3 is 2.75 bits per heavy atom. The maximum Gasteiger partial charge on any atom is 0.262 e. The first-order chi connectivity index (χ1) is 11.4. The number of benzene rings is 2. The first-order valence-corrected chi connectivity index (χ1v) is 9.69. The number of thioether (sulfide) groups is 1. The molecule has 5 nitrogen and oxygen atoms in total. The number of anilines is 2. The van der Waals surface area contributed by atoms with Crippen LogP contribution in [-0.2, 0) is 14.8 Å². The summed E-state index contributed by atoms with van der Waals surface area (Å²) in [5, 5.41) is 2.73. The molecule has 1 aliphatic rings. The SMILES string of the molecule is CC1CSc2ccc(S(=O)(=O)Nc3ccccc3F)cc2NC1=O. The van der Waals surface area contributed by atoms with Crippen LogP contribution >= 0.6 is 11.8 Å². The van der Waals surface area contributed by atoms with Gasteiger partial charge >= 0.3 is 0 Å². The quantitative estimate of drug-likeness (QED) is 0.874. The first kappa shape index (κ1) is 16.8. The lowest BCUT2D eigenvalue weighted by atomic mass is 10.2. The summed E-state index contributed by atoms with van der Waals surface area (Å²) in [4.78, 5) is 12.7. The maximum absolute atomic E-state index is 13.7. The van der Waals surface area contributed by atoms with E-state index in [1.54, 1.807) is 6.07 Å². The van der Waals surface area contributed by atoms with Crippen LogP contribution in [0.15, 0.2) is 52.3 Å². The highest BCUT2D eigenvalue weighted by Crippen LogP contribution is 2.34. The molecule has 8 heteroatoms. The van der Waals surface area contributed by atoms with Crippen molar-refractivity contribution in [2.24, 2.45) is 5.92 Å². The van der Waals surface area contributed by atoms with E-state index in [9.17, 15) is 17.6 Å². The van der Waals surface area contributed by atoms with Gasteiger partial charge in [-0.3, -0.25) is 9.52 Å². The van der Waals surface area contributed by atoms with Crippen LogP contribution in [0.25, 0.3) is 0 Å². The van der Waals surface area contributed by atoms with Gasteiger partial charge in [0.1, 0.15) is 5.82 Å². The molecule has 24 heavy (non-hydrogen) atoms. The van der Waals surface area contributed by atoms with E-state index in [1.165, 1.54) is 48.2 Å². The highest BCUT2D eigenvalue weighted by molar-refractivity contribution is 7.99. The lowest BCUT2D eigenvalue weighted by molar-refractivity contribution is -0.118.